The van der Waals surface area contributed by atoms with Crippen LogP contribution in [0.2, 0.25) is 0 Å². The predicted molar refractivity (Wildman–Crippen MR) is 158 cm³/mol. The molecule has 3 N–H and O–H groups in total. The van der Waals surface area contributed by atoms with Gasteiger partial charge in [-0.25, -0.2) is 12.8 Å². The van der Waals surface area contributed by atoms with Crippen LogP contribution in [0.5, 0.6) is 0 Å². The highest BCUT2D eigenvalue weighted by atomic mass is 32.2. The molecule has 5 aromatic heterocycles. The zero-order chi connectivity index (χ0) is 28.6. The summed E-state index contributed by atoms with van der Waals surface area (Å²) in [6.07, 6.45) is 10.2. The van der Waals surface area contributed by atoms with E-state index in [2.05, 4.69) is 48.4 Å². The van der Waals surface area contributed by atoms with E-state index in [1.165, 1.54) is 18.4 Å². The van der Waals surface area contributed by atoms with Gasteiger partial charge >= 0.3 is 0 Å². The lowest BCUT2D eigenvalue weighted by atomic mass is 10.0. The summed E-state index contributed by atoms with van der Waals surface area (Å²) in [5.41, 5.74) is 7.79. The van der Waals surface area contributed by atoms with Crippen molar-refractivity contribution in [3.05, 3.63) is 84.3 Å². The maximum absolute atomic E-state index is 14.6. The second kappa shape index (κ2) is 10.8. The van der Waals surface area contributed by atoms with Crippen LogP contribution in [0, 0.1) is 5.82 Å². The first-order valence-corrected chi connectivity index (χ1v) is 15.3. The van der Waals surface area contributed by atoms with E-state index in [4.69, 9.17) is 0 Å². The molecular weight excluding hydrogens is 541 g/mol. The number of aromatic amines is 2. The number of hydrogen-bond donors (Lipinski definition) is 3. The third kappa shape index (κ3) is 5.72. The van der Waals surface area contributed by atoms with Crippen LogP contribution in [0.4, 0.5) is 4.39 Å². The predicted octanol–water partition coefficient (Wildman–Crippen LogP) is 5.07. The molecule has 0 aliphatic rings. The van der Waals surface area contributed by atoms with Crippen molar-refractivity contribution in [2.75, 3.05) is 18.6 Å². The van der Waals surface area contributed by atoms with Gasteiger partial charge in [0.1, 0.15) is 21.3 Å². The summed E-state index contributed by atoms with van der Waals surface area (Å²) >= 11 is 0. The molecule has 0 aliphatic heterocycles. The van der Waals surface area contributed by atoms with Gasteiger partial charge in [0.15, 0.2) is 0 Å². The number of aromatic nitrogens is 6. The number of H-pyrrole nitrogens is 2. The molecule has 0 saturated heterocycles. The Hall–Kier alpha value is -4.48. The maximum atomic E-state index is 14.6. The van der Waals surface area contributed by atoms with E-state index in [0.29, 0.717) is 11.1 Å². The molecule has 0 bridgehead atoms. The largest absolute Gasteiger partial charge is 0.352 e. The van der Waals surface area contributed by atoms with Gasteiger partial charge in [0.25, 0.3) is 0 Å². The lowest BCUT2D eigenvalue weighted by molar-refractivity contribution is 0.600. The number of halogens is 1. The van der Waals surface area contributed by atoms with Crippen LogP contribution in [0.25, 0.3) is 55.6 Å². The van der Waals surface area contributed by atoms with Crippen molar-refractivity contribution < 1.29 is 12.8 Å². The first-order chi connectivity index (χ1) is 19.8. The third-order valence-electron chi connectivity index (χ3n) is 6.95. The molecule has 0 atom stereocenters. The number of nitrogens with zero attached hydrogens (tertiary/aromatic N) is 4. The van der Waals surface area contributed by atoms with E-state index in [-0.39, 0.29) is 12.2 Å². The number of hydrogen-bond acceptors (Lipinski definition) is 7. The quantitative estimate of drug-likeness (QED) is 0.222. The first kappa shape index (κ1) is 26.7. The van der Waals surface area contributed by atoms with Crippen LogP contribution in [-0.2, 0) is 22.8 Å². The van der Waals surface area contributed by atoms with Crippen LogP contribution >= 0.6 is 0 Å². The highest BCUT2D eigenvalue weighted by Crippen LogP contribution is 2.35. The number of pyridine rings is 3. The molecule has 9 nitrogen and oxygen atoms in total. The minimum Gasteiger partial charge on any atom is -0.352 e. The molecule has 0 radical (unpaired) electrons. The van der Waals surface area contributed by atoms with Gasteiger partial charge < -0.3 is 10.3 Å². The fourth-order valence-corrected chi connectivity index (χ4v) is 5.54. The van der Waals surface area contributed by atoms with Gasteiger partial charge in [-0.2, -0.15) is 5.10 Å². The highest BCUT2D eigenvalue weighted by Gasteiger charge is 2.16. The lowest BCUT2D eigenvalue weighted by Gasteiger charge is -2.07. The Balaban J connectivity index is 1.39. The molecule has 11 heteroatoms. The van der Waals surface area contributed by atoms with Crippen molar-refractivity contribution in [3.8, 4) is 33.8 Å². The maximum Gasteiger partial charge on any atom is 0.147 e. The lowest BCUT2D eigenvalue weighted by Crippen LogP contribution is -2.11. The average molecular weight is 570 g/mol. The van der Waals surface area contributed by atoms with E-state index >= 15 is 0 Å². The van der Waals surface area contributed by atoms with Crippen molar-refractivity contribution in [3.63, 3.8) is 0 Å². The van der Waals surface area contributed by atoms with E-state index in [1.54, 1.807) is 24.8 Å². The van der Waals surface area contributed by atoms with Crippen LogP contribution < -0.4 is 5.32 Å². The second-order valence-electron chi connectivity index (χ2n) is 10.1. The number of fused-ring (bicyclic) bond motifs is 2. The fraction of sp³-hybridized carbons (Fsp3) is 0.200. The van der Waals surface area contributed by atoms with Crippen LogP contribution in [0.3, 0.4) is 0 Å². The SMILES string of the molecule is CCNCc1cncc(-c2cc3c(-c4cc5c(-c6cc(F)cc(CCS(C)(=O)=O)c6)cncc5[nH]4)n[nH]c3cn2)c1. The molecule has 0 aliphatic carbocycles. The van der Waals surface area contributed by atoms with Crippen molar-refractivity contribution >= 4 is 31.6 Å². The average Bonchev–Trinajstić information content (AvgIpc) is 3.58. The molecule has 0 saturated carbocycles. The molecule has 6 rings (SSSR count). The van der Waals surface area contributed by atoms with Gasteiger partial charge in [-0.1, -0.05) is 13.0 Å². The minimum atomic E-state index is -3.17. The number of sulfone groups is 1. The van der Waals surface area contributed by atoms with Crippen molar-refractivity contribution in [2.45, 2.75) is 19.9 Å². The standard InChI is InChI=1S/C30H28FN7O2S/c1-3-32-12-19-7-21(14-33-13-19)26-11-24-29(17-35-26)37-38-30(24)27-10-23-25(15-34-16-28(23)36-27)20-6-18(8-22(31)9-20)4-5-41(2,39)40/h6-11,13-17,32,36H,3-5,12H2,1-2H3,(H,37,38). The minimum absolute atomic E-state index is 0.0499. The summed E-state index contributed by atoms with van der Waals surface area (Å²) in [6, 6.07) is 10.7. The van der Waals surface area contributed by atoms with Gasteiger partial charge in [0.05, 0.1) is 40.6 Å². The fourth-order valence-electron chi connectivity index (χ4n) is 4.94. The smallest absolute Gasteiger partial charge is 0.147 e. The molecule has 1 aromatic carbocycles. The second-order valence-corrected chi connectivity index (χ2v) is 12.4. The van der Waals surface area contributed by atoms with Crippen LogP contribution in [-0.4, -0.2) is 57.1 Å². The van der Waals surface area contributed by atoms with Gasteiger partial charge in [0, 0.05) is 53.3 Å². The molecule has 0 spiro atoms. The molecule has 0 fully saturated rings. The molecule has 208 valence electrons. The summed E-state index contributed by atoms with van der Waals surface area (Å²) in [5.74, 6) is -0.479. The summed E-state index contributed by atoms with van der Waals surface area (Å²) in [4.78, 5) is 16.8. The zero-order valence-electron chi connectivity index (χ0n) is 22.6. The van der Waals surface area contributed by atoms with Gasteiger partial charge in [0.2, 0.25) is 0 Å². The van der Waals surface area contributed by atoms with Gasteiger partial charge in [-0.05, 0) is 60.0 Å². The number of aryl methyl sites for hydroxylation is 1. The summed E-state index contributed by atoms with van der Waals surface area (Å²) < 4.78 is 37.9. The molecule has 41 heavy (non-hydrogen) atoms. The summed E-state index contributed by atoms with van der Waals surface area (Å²) in [7, 11) is -3.17. The highest BCUT2D eigenvalue weighted by molar-refractivity contribution is 7.90. The summed E-state index contributed by atoms with van der Waals surface area (Å²) in [6.45, 7) is 3.66. The van der Waals surface area contributed by atoms with E-state index < -0.39 is 15.7 Å². The Kier molecular flexibility index (Phi) is 7.06. The molecule has 6 aromatic rings. The number of benzene rings is 1. The van der Waals surface area contributed by atoms with Crippen molar-refractivity contribution in [1.82, 2.24) is 35.5 Å². The van der Waals surface area contributed by atoms with E-state index in [0.717, 1.165) is 68.7 Å². The number of rotatable bonds is 9. The Morgan fingerprint density at radius 1 is 0.878 bits per heavy atom. The van der Waals surface area contributed by atoms with Crippen LogP contribution in [0.15, 0.2) is 67.4 Å². The normalized spacial score (nSPS) is 12.0. The van der Waals surface area contributed by atoms with Crippen molar-refractivity contribution in [1.29, 1.82) is 0 Å². The zero-order valence-corrected chi connectivity index (χ0v) is 23.4. The Labute approximate surface area is 236 Å². The Morgan fingerprint density at radius 2 is 1.71 bits per heavy atom. The van der Waals surface area contributed by atoms with E-state index in [9.17, 15) is 12.8 Å². The monoisotopic (exact) mass is 569 g/mol. The Morgan fingerprint density at radius 3 is 2.54 bits per heavy atom. The molecular formula is C30H28FN7O2S. The van der Waals surface area contributed by atoms with Crippen LogP contribution in [0.1, 0.15) is 18.1 Å². The summed E-state index contributed by atoms with van der Waals surface area (Å²) in [5, 5.41) is 12.7. The third-order valence-corrected chi connectivity index (χ3v) is 7.89. The Bertz CT molecular complexity index is 2000. The topological polar surface area (TPSA) is 129 Å². The van der Waals surface area contributed by atoms with Gasteiger partial charge in [-0.3, -0.25) is 20.1 Å². The number of nitrogens with one attached hydrogen (secondary N) is 3. The first-order valence-electron chi connectivity index (χ1n) is 13.2. The molecule has 0 unspecified atom stereocenters. The van der Waals surface area contributed by atoms with Gasteiger partial charge in [-0.15, -0.1) is 0 Å². The molecule has 5 heterocycles. The molecule has 0 amide bonds. The van der Waals surface area contributed by atoms with E-state index in [1.807, 2.05) is 24.4 Å². The van der Waals surface area contributed by atoms with Crippen molar-refractivity contribution in [2.24, 2.45) is 0 Å².